The molecule has 2 rings (SSSR count). The SMILES string of the molecule is CCCOc1cccc(CN2CCCC(C)C2CN)c1. The van der Waals surface area contributed by atoms with Gasteiger partial charge < -0.3 is 10.5 Å². The van der Waals surface area contributed by atoms with E-state index in [1.165, 1.54) is 18.4 Å². The van der Waals surface area contributed by atoms with Crippen molar-refractivity contribution in [3.63, 3.8) is 0 Å². The van der Waals surface area contributed by atoms with Gasteiger partial charge in [0.25, 0.3) is 0 Å². The molecule has 3 heteroatoms. The highest BCUT2D eigenvalue weighted by Crippen LogP contribution is 2.25. The van der Waals surface area contributed by atoms with Crippen LogP contribution in [0.1, 0.15) is 38.7 Å². The van der Waals surface area contributed by atoms with Crippen LogP contribution >= 0.6 is 0 Å². The normalized spacial score (nSPS) is 23.8. The van der Waals surface area contributed by atoms with E-state index in [0.29, 0.717) is 12.0 Å². The predicted molar refractivity (Wildman–Crippen MR) is 83.9 cm³/mol. The standard InChI is InChI=1S/C17H28N2O/c1-3-10-20-16-8-4-7-15(11-16)13-19-9-5-6-14(2)17(19)12-18/h4,7-8,11,14,17H,3,5-6,9-10,12-13,18H2,1-2H3. The fourth-order valence-corrected chi connectivity index (χ4v) is 3.10. The van der Waals surface area contributed by atoms with Gasteiger partial charge in [-0.3, -0.25) is 4.90 Å². The molecule has 1 aliphatic heterocycles. The summed E-state index contributed by atoms with van der Waals surface area (Å²) in [5.74, 6) is 1.69. The lowest BCUT2D eigenvalue weighted by Gasteiger charge is -2.39. The van der Waals surface area contributed by atoms with Crippen molar-refractivity contribution in [3.05, 3.63) is 29.8 Å². The van der Waals surface area contributed by atoms with E-state index >= 15 is 0 Å². The first-order chi connectivity index (χ1) is 9.74. The Morgan fingerprint density at radius 3 is 3.00 bits per heavy atom. The van der Waals surface area contributed by atoms with Crippen molar-refractivity contribution in [1.29, 1.82) is 0 Å². The average Bonchev–Trinajstić information content (AvgIpc) is 2.46. The van der Waals surface area contributed by atoms with E-state index in [1.807, 2.05) is 6.07 Å². The smallest absolute Gasteiger partial charge is 0.119 e. The number of hydrogen-bond acceptors (Lipinski definition) is 3. The minimum absolute atomic E-state index is 0.518. The fraction of sp³-hybridized carbons (Fsp3) is 0.647. The van der Waals surface area contributed by atoms with Crippen LogP contribution in [-0.2, 0) is 6.54 Å². The number of piperidine rings is 1. The Kier molecular flexibility index (Phi) is 5.86. The van der Waals surface area contributed by atoms with Crippen molar-refractivity contribution >= 4 is 0 Å². The van der Waals surface area contributed by atoms with Crippen molar-refractivity contribution in [2.75, 3.05) is 19.7 Å². The van der Waals surface area contributed by atoms with Crippen LogP contribution in [-0.4, -0.2) is 30.6 Å². The third-order valence-electron chi connectivity index (χ3n) is 4.23. The summed E-state index contributed by atoms with van der Waals surface area (Å²) in [6.07, 6.45) is 3.63. The van der Waals surface area contributed by atoms with Crippen LogP contribution < -0.4 is 10.5 Å². The molecule has 0 amide bonds. The first-order valence-electron chi connectivity index (χ1n) is 7.90. The average molecular weight is 276 g/mol. The zero-order valence-electron chi connectivity index (χ0n) is 12.8. The maximum absolute atomic E-state index is 5.97. The van der Waals surface area contributed by atoms with Gasteiger partial charge in [0, 0.05) is 19.1 Å². The summed E-state index contributed by atoms with van der Waals surface area (Å²) in [7, 11) is 0. The molecule has 1 aromatic carbocycles. The van der Waals surface area contributed by atoms with E-state index in [1.54, 1.807) is 0 Å². The number of benzene rings is 1. The van der Waals surface area contributed by atoms with Gasteiger partial charge in [0.2, 0.25) is 0 Å². The Morgan fingerprint density at radius 1 is 1.40 bits per heavy atom. The highest BCUT2D eigenvalue weighted by atomic mass is 16.5. The molecule has 2 N–H and O–H groups in total. The molecule has 20 heavy (non-hydrogen) atoms. The molecule has 1 aliphatic rings. The lowest BCUT2D eigenvalue weighted by molar-refractivity contribution is 0.0990. The second kappa shape index (κ2) is 7.65. The molecule has 0 bridgehead atoms. The van der Waals surface area contributed by atoms with Gasteiger partial charge in [-0.1, -0.05) is 26.0 Å². The van der Waals surface area contributed by atoms with Gasteiger partial charge >= 0.3 is 0 Å². The molecule has 2 atom stereocenters. The summed E-state index contributed by atoms with van der Waals surface area (Å²) >= 11 is 0. The Labute approximate surface area is 123 Å². The molecule has 1 aromatic rings. The second-order valence-corrected chi connectivity index (χ2v) is 5.89. The van der Waals surface area contributed by atoms with Gasteiger partial charge in [-0.15, -0.1) is 0 Å². The minimum atomic E-state index is 0.518. The first-order valence-corrected chi connectivity index (χ1v) is 7.90. The Morgan fingerprint density at radius 2 is 2.25 bits per heavy atom. The second-order valence-electron chi connectivity index (χ2n) is 5.89. The number of rotatable bonds is 6. The molecule has 1 fully saturated rings. The Bertz CT molecular complexity index is 408. The quantitative estimate of drug-likeness (QED) is 0.868. The molecule has 112 valence electrons. The third-order valence-corrected chi connectivity index (χ3v) is 4.23. The molecule has 0 aliphatic carbocycles. The van der Waals surface area contributed by atoms with Crippen molar-refractivity contribution < 1.29 is 4.74 Å². The van der Waals surface area contributed by atoms with E-state index in [-0.39, 0.29) is 0 Å². The van der Waals surface area contributed by atoms with Crippen molar-refractivity contribution in [1.82, 2.24) is 4.90 Å². The summed E-state index contributed by atoms with van der Waals surface area (Å²) in [5, 5.41) is 0. The number of nitrogens with zero attached hydrogens (tertiary/aromatic N) is 1. The number of hydrogen-bond donors (Lipinski definition) is 1. The lowest BCUT2D eigenvalue weighted by Crippen LogP contribution is -2.47. The molecule has 2 unspecified atom stereocenters. The van der Waals surface area contributed by atoms with Gasteiger partial charge in [0.15, 0.2) is 0 Å². The molecule has 0 aromatic heterocycles. The number of ether oxygens (including phenoxy) is 1. The summed E-state index contributed by atoms with van der Waals surface area (Å²) < 4.78 is 5.72. The highest BCUT2D eigenvalue weighted by molar-refractivity contribution is 5.28. The van der Waals surface area contributed by atoms with Gasteiger partial charge in [-0.25, -0.2) is 0 Å². The molecular formula is C17H28N2O. The maximum Gasteiger partial charge on any atom is 0.119 e. The van der Waals surface area contributed by atoms with Crippen molar-refractivity contribution in [2.24, 2.45) is 11.7 Å². The Hall–Kier alpha value is -1.06. The van der Waals surface area contributed by atoms with Crippen molar-refractivity contribution in [2.45, 2.75) is 45.7 Å². The third kappa shape index (κ3) is 3.97. The summed E-state index contributed by atoms with van der Waals surface area (Å²) in [4.78, 5) is 2.53. The maximum atomic E-state index is 5.97. The van der Waals surface area contributed by atoms with E-state index in [9.17, 15) is 0 Å². The van der Waals surface area contributed by atoms with E-state index in [0.717, 1.165) is 38.4 Å². The van der Waals surface area contributed by atoms with Gasteiger partial charge in [-0.05, 0) is 49.4 Å². The molecule has 0 radical (unpaired) electrons. The highest BCUT2D eigenvalue weighted by Gasteiger charge is 2.27. The van der Waals surface area contributed by atoms with Crippen LogP contribution in [0, 0.1) is 5.92 Å². The summed E-state index contributed by atoms with van der Waals surface area (Å²) in [5.41, 5.74) is 7.29. The molecular weight excluding hydrogens is 248 g/mol. The van der Waals surface area contributed by atoms with Crippen molar-refractivity contribution in [3.8, 4) is 5.75 Å². The monoisotopic (exact) mass is 276 g/mol. The fourth-order valence-electron chi connectivity index (χ4n) is 3.10. The molecule has 0 saturated carbocycles. The van der Waals surface area contributed by atoms with Gasteiger partial charge in [0.1, 0.15) is 5.75 Å². The zero-order chi connectivity index (χ0) is 14.4. The first kappa shape index (κ1) is 15.3. The molecule has 1 heterocycles. The minimum Gasteiger partial charge on any atom is -0.494 e. The van der Waals surface area contributed by atoms with Gasteiger partial charge in [-0.2, -0.15) is 0 Å². The van der Waals surface area contributed by atoms with Crippen LogP contribution in [0.2, 0.25) is 0 Å². The predicted octanol–water partition coefficient (Wildman–Crippen LogP) is 3.03. The van der Waals surface area contributed by atoms with E-state index < -0.39 is 0 Å². The largest absolute Gasteiger partial charge is 0.494 e. The lowest BCUT2D eigenvalue weighted by atomic mass is 9.90. The van der Waals surface area contributed by atoms with E-state index in [4.69, 9.17) is 10.5 Å². The van der Waals surface area contributed by atoms with Crippen LogP contribution in [0.4, 0.5) is 0 Å². The molecule has 0 spiro atoms. The number of likely N-dealkylation sites (tertiary alicyclic amines) is 1. The number of nitrogens with two attached hydrogens (primary N) is 1. The Balaban J connectivity index is 2.01. The van der Waals surface area contributed by atoms with Gasteiger partial charge in [0.05, 0.1) is 6.61 Å². The van der Waals surface area contributed by atoms with Crippen LogP contribution in [0.3, 0.4) is 0 Å². The molecule has 1 saturated heterocycles. The van der Waals surface area contributed by atoms with Crippen LogP contribution in [0.15, 0.2) is 24.3 Å². The van der Waals surface area contributed by atoms with Crippen LogP contribution in [0.25, 0.3) is 0 Å². The topological polar surface area (TPSA) is 38.5 Å². The summed E-state index contributed by atoms with van der Waals surface area (Å²) in [6.45, 7) is 8.14. The van der Waals surface area contributed by atoms with Crippen LogP contribution in [0.5, 0.6) is 5.75 Å². The summed E-state index contributed by atoms with van der Waals surface area (Å²) in [6, 6.07) is 9.00. The zero-order valence-corrected chi connectivity index (χ0v) is 12.8. The molecule has 3 nitrogen and oxygen atoms in total. The van der Waals surface area contributed by atoms with E-state index in [2.05, 4.69) is 36.9 Å².